The second kappa shape index (κ2) is 7.78. The molecule has 0 amide bonds. The molecule has 8 nitrogen and oxygen atoms in total. The zero-order valence-electron chi connectivity index (χ0n) is 17.4. The lowest BCUT2D eigenvalue weighted by molar-refractivity contribution is 0.612. The summed E-state index contributed by atoms with van der Waals surface area (Å²) in [5.41, 5.74) is 3.74. The fourth-order valence-corrected chi connectivity index (χ4v) is 3.85. The molecule has 0 unspecified atom stereocenters. The van der Waals surface area contributed by atoms with Crippen LogP contribution in [-0.4, -0.2) is 42.4 Å². The third-order valence-corrected chi connectivity index (χ3v) is 5.44. The Kier molecular flexibility index (Phi) is 4.82. The number of benzene rings is 1. The lowest BCUT2D eigenvalue weighted by Crippen LogP contribution is -2.21. The number of aromatic nitrogens is 6. The highest BCUT2D eigenvalue weighted by molar-refractivity contribution is 5.86. The van der Waals surface area contributed by atoms with Crippen LogP contribution in [0.25, 0.3) is 11.2 Å². The minimum absolute atomic E-state index is 0.276. The van der Waals surface area contributed by atoms with Crippen molar-refractivity contribution < 1.29 is 0 Å². The van der Waals surface area contributed by atoms with E-state index in [2.05, 4.69) is 50.8 Å². The van der Waals surface area contributed by atoms with Gasteiger partial charge in [0.15, 0.2) is 17.0 Å². The summed E-state index contributed by atoms with van der Waals surface area (Å²) in [5, 5.41) is 7.93. The van der Waals surface area contributed by atoms with E-state index in [0.717, 1.165) is 48.3 Å². The Balaban J connectivity index is 1.47. The first-order valence-electron chi connectivity index (χ1n) is 10.5. The van der Waals surface area contributed by atoms with Crippen molar-refractivity contribution in [2.24, 2.45) is 0 Å². The molecule has 3 aromatic heterocycles. The summed E-state index contributed by atoms with van der Waals surface area (Å²) in [7, 11) is 0. The molecule has 8 heteroatoms. The van der Waals surface area contributed by atoms with Gasteiger partial charge in [-0.3, -0.25) is 4.68 Å². The van der Waals surface area contributed by atoms with Crippen LogP contribution in [-0.2, 0) is 6.54 Å². The SMILES string of the molecule is CC(C)n1cnc2c(Nc3cnn(Cc4ccccc4)c3)nc(N3CCCC3)nc21. The number of hydrogen-bond donors (Lipinski definition) is 1. The van der Waals surface area contributed by atoms with Crippen molar-refractivity contribution in [1.29, 1.82) is 0 Å². The van der Waals surface area contributed by atoms with Crippen LogP contribution in [0.2, 0.25) is 0 Å². The van der Waals surface area contributed by atoms with Gasteiger partial charge in [0.2, 0.25) is 5.95 Å². The number of anilines is 3. The third-order valence-electron chi connectivity index (χ3n) is 5.44. The molecule has 1 N–H and O–H groups in total. The molecule has 1 saturated heterocycles. The largest absolute Gasteiger partial charge is 0.341 e. The Bertz CT molecular complexity index is 1140. The lowest BCUT2D eigenvalue weighted by Gasteiger charge is -2.17. The molecule has 0 atom stereocenters. The molecule has 4 heterocycles. The molecule has 0 spiro atoms. The monoisotopic (exact) mass is 402 g/mol. The van der Waals surface area contributed by atoms with E-state index in [1.807, 2.05) is 41.6 Å². The maximum atomic E-state index is 4.86. The minimum atomic E-state index is 0.276. The highest BCUT2D eigenvalue weighted by Gasteiger charge is 2.20. The van der Waals surface area contributed by atoms with Crippen LogP contribution in [0.5, 0.6) is 0 Å². The van der Waals surface area contributed by atoms with Gasteiger partial charge in [0.05, 0.1) is 24.8 Å². The molecule has 0 aliphatic carbocycles. The van der Waals surface area contributed by atoms with Crippen molar-refractivity contribution in [3.8, 4) is 0 Å². The van der Waals surface area contributed by atoms with Crippen LogP contribution in [0.3, 0.4) is 0 Å². The molecule has 154 valence electrons. The standard InChI is InChI=1S/C22H26N8/c1-16(2)30-15-23-19-20(26-22(27-21(19)30)28-10-6-7-11-28)25-18-12-24-29(14-18)13-17-8-4-3-5-9-17/h3-5,8-9,12,14-16H,6-7,10-11,13H2,1-2H3,(H,25,26,27). The predicted octanol–water partition coefficient (Wildman–Crippen LogP) is 4.00. The van der Waals surface area contributed by atoms with Gasteiger partial charge in [0.25, 0.3) is 0 Å². The smallest absolute Gasteiger partial charge is 0.229 e. The van der Waals surface area contributed by atoms with Gasteiger partial charge in [-0.25, -0.2) is 4.98 Å². The number of fused-ring (bicyclic) bond motifs is 1. The second-order valence-corrected chi connectivity index (χ2v) is 8.02. The molecule has 1 aromatic carbocycles. The zero-order chi connectivity index (χ0) is 20.5. The Morgan fingerprint density at radius 1 is 1.07 bits per heavy atom. The normalized spacial score (nSPS) is 14.2. The Labute approximate surface area is 175 Å². The molecule has 0 radical (unpaired) electrons. The average Bonchev–Trinajstić information content (AvgIpc) is 3.49. The van der Waals surface area contributed by atoms with E-state index in [4.69, 9.17) is 9.97 Å². The second-order valence-electron chi connectivity index (χ2n) is 8.02. The molecule has 5 rings (SSSR count). The van der Waals surface area contributed by atoms with Crippen molar-refractivity contribution in [2.75, 3.05) is 23.3 Å². The fourth-order valence-electron chi connectivity index (χ4n) is 3.85. The van der Waals surface area contributed by atoms with E-state index in [0.29, 0.717) is 0 Å². The van der Waals surface area contributed by atoms with E-state index >= 15 is 0 Å². The van der Waals surface area contributed by atoms with E-state index in [9.17, 15) is 0 Å². The van der Waals surface area contributed by atoms with Gasteiger partial charge in [-0.15, -0.1) is 0 Å². The van der Waals surface area contributed by atoms with Crippen LogP contribution >= 0.6 is 0 Å². The maximum Gasteiger partial charge on any atom is 0.229 e. The predicted molar refractivity (Wildman–Crippen MR) is 118 cm³/mol. The molecular weight excluding hydrogens is 376 g/mol. The molecule has 1 fully saturated rings. The Morgan fingerprint density at radius 3 is 2.63 bits per heavy atom. The summed E-state index contributed by atoms with van der Waals surface area (Å²) < 4.78 is 4.02. The maximum absolute atomic E-state index is 4.86. The molecule has 30 heavy (non-hydrogen) atoms. The van der Waals surface area contributed by atoms with Gasteiger partial charge in [-0.1, -0.05) is 30.3 Å². The number of rotatable bonds is 6. The topological polar surface area (TPSA) is 76.7 Å². The molecular formula is C22H26N8. The Morgan fingerprint density at radius 2 is 1.87 bits per heavy atom. The summed E-state index contributed by atoms with van der Waals surface area (Å²) in [4.78, 5) is 16.6. The van der Waals surface area contributed by atoms with Crippen molar-refractivity contribution in [3.63, 3.8) is 0 Å². The van der Waals surface area contributed by atoms with Crippen molar-refractivity contribution in [2.45, 2.75) is 39.3 Å². The van der Waals surface area contributed by atoms with Gasteiger partial charge in [0, 0.05) is 25.3 Å². The molecule has 1 aliphatic rings. The number of nitrogens with one attached hydrogen (secondary N) is 1. The summed E-state index contributed by atoms with van der Waals surface area (Å²) in [6, 6.07) is 10.6. The van der Waals surface area contributed by atoms with E-state index < -0.39 is 0 Å². The summed E-state index contributed by atoms with van der Waals surface area (Å²) in [6.07, 6.45) is 8.03. The van der Waals surface area contributed by atoms with Crippen LogP contribution in [0.4, 0.5) is 17.5 Å². The first kappa shape index (κ1) is 18.6. The zero-order valence-corrected chi connectivity index (χ0v) is 17.4. The molecule has 0 saturated carbocycles. The van der Waals surface area contributed by atoms with Gasteiger partial charge < -0.3 is 14.8 Å². The quantitative estimate of drug-likeness (QED) is 0.525. The molecule has 0 bridgehead atoms. The number of imidazole rings is 1. The minimum Gasteiger partial charge on any atom is -0.341 e. The third kappa shape index (κ3) is 3.60. The van der Waals surface area contributed by atoms with E-state index in [1.165, 1.54) is 18.4 Å². The fraction of sp³-hybridized carbons (Fsp3) is 0.364. The van der Waals surface area contributed by atoms with Crippen molar-refractivity contribution >= 4 is 28.6 Å². The van der Waals surface area contributed by atoms with Crippen molar-refractivity contribution in [3.05, 3.63) is 54.6 Å². The molecule has 4 aromatic rings. The number of hydrogen-bond acceptors (Lipinski definition) is 6. The Hall–Kier alpha value is -3.42. The molecule has 1 aliphatic heterocycles. The summed E-state index contributed by atoms with van der Waals surface area (Å²) >= 11 is 0. The average molecular weight is 403 g/mol. The highest BCUT2D eigenvalue weighted by atomic mass is 15.3. The van der Waals surface area contributed by atoms with E-state index in [1.54, 1.807) is 0 Å². The van der Waals surface area contributed by atoms with Crippen LogP contribution in [0, 0.1) is 0 Å². The number of nitrogens with zero attached hydrogens (tertiary/aromatic N) is 7. The van der Waals surface area contributed by atoms with Crippen LogP contribution in [0.15, 0.2) is 49.1 Å². The van der Waals surface area contributed by atoms with Gasteiger partial charge >= 0.3 is 0 Å². The highest BCUT2D eigenvalue weighted by Crippen LogP contribution is 2.28. The summed E-state index contributed by atoms with van der Waals surface area (Å²) in [5.74, 6) is 1.49. The lowest BCUT2D eigenvalue weighted by atomic mass is 10.2. The van der Waals surface area contributed by atoms with E-state index in [-0.39, 0.29) is 6.04 Å². The van der Waals surface area contributed by atoms with Gasteiger partial charge in [0.1, 0.15) is 0 Å². The van der Waals surface area contributed by atoms with Crippen LogP contribution in [0.1, 0.15) is 38.3 Å². The van der Waals surface area contributed by atoms with Gasteiger partial charge in [-0.05, 0) is 32.3 Å². The first-order chi connectivity index (χ1) is 14.7. The van der Waals surface area contributed by atoms with Gasteiger partial charge in [-0.2, -0.15) is 15.1 Å². The summed E-state index contributed by atoms with van der Waals surface area (Å²) in [6.45, 7) is 6.99. The van der Waals surface area contributed by atoms with Crippen LogP contribution < -0.4 is 10.2 Å². The van der Waals surface area contributed by atoms with Crippen molar-refractivity contribution in [1.82, 2.24) is 29.3 Å². The first-order valence-corrected chi connectivity index (χ1v) is 10.5.